The SMILES string of the molecule is O=C1CC(c2cccc3c2CC2C(=O)OC(=O)C2C3)C(=O)O1. The third kappa shape index (κ3) is 1.80. The Balaban J connectivity index is 1.76. The van der Waals surface area contributed by atoms with Crippen LogP contribution in [0.5, 0.6) is 0 Å². The molecule has 1 aromatic rings. The standard InChI is InChI=1S/C16H12O6/c17-13-6-12(14(18)21-13)8-3-1-2-7-4-10-11(5-9(7)8)16(20)22-15(10)19/h1-3,10-12H,4-6H2. The summed E-state index contributed by atoms with van der Waals surface area (Å²) >= 11 is 0. The third-order valence-electron chi connectivity index (χ3n) is 4.71. The molecule has 0 aromatic heterocycles. The van der Waals surface area contributed by atoms with E-state index in [2.05, 4.69) is 4.74 Å². The molecule has 22 heavy (non-hydrogen) atoms. The quantitative estimate of drug-likeness (QED) is 0.559. The van der Waals surface area contributed by atoms with Gasteiger partial charge in [-0.2, -0.15) is 0 Å². The maximum absolute atomic E-state index is 11.8. The van der Waals surface area contributed by atoms with Crippen LogP contribution in [0, 0.1) is 11.8 Å². The molecule has 3 atom stereocenters. The normalized spacial score (nSPS) is 29.9. The van der Waals surface area contributed by atoms with E-state index >= 15 is 0 Å². The Kier molecular flexibility index (Phi) is 2.69. The van der Waals surface area contributed by atoms with E-state index in [9.17, 15) is 19.2 Å². The molecule has 0 saturated carbocycles. The molecule has 0 amide bonds. The van der Waals surface area contributed by atoms with Crippen LogP contribution in [0.1, 0.15) is 29.0 Å². The second-order valence-electron chi connectivity index (χ2n) is 5.90. The van der Waals surface area contributed by atoms with E-state index in [1.807, 2.05) is 6.07 Å². The summed E-state index contributed by atoms with van der Waals surface area (Å²) in [5.41, 5.74) is 2.52. The zero-order valence-corrected chi connectivity index (χ0v) is 11.5. The van der Waals surface area contributed by atoms with Crippen molar-refractivity contribution >= 4 is 23.9 Å². The number of carbonyl (C=O) groups excluding carboxylic acids is 4. The molecule has 2 fully saturated rings. The smallest absolute Gasteiger partial charge is 0.321 e. The van der Waals surface area contributed by atoms with E-state index in [1.54, 1.807) is 12.1 Å². The van der Waals surface area contributed by atoms with Gasteiger partial charge in [0.15, 0.2) is 0 Å². The van der Waals surface area contributed by atoms with Gasteiger partial charge < -0.3 is 9.47 Å². The zero-order chi connectivity index (χ0) is 15.4. The lowest BCUT2D eigenvalue weighted by atomic mass is 9.74. The van der Waals surface area contributed by atoms with Gasteiger partial charge in [-0.3, -0.25) is 19.2 Å². The first-order chi connectivity index (χ1) is 10.5. The molecule has 3 aliphatic rings. The van der Waals surface area contributed by atoms with Gasteiger partial charge in [0.1, 0.15) is 0 Å². The monoisotopic (exact) mass is 300 g/mol. The number of rotatable bonds is 1. The van der Waals surface area contributed by atoms with Crippen molar-refractivity contribution in [1.82, 2.24) is 0 Å². The van der Waals surface area contributed by atoms with Crippen LogP contribution in [-0.4, -0.2) is 23.9 Å². The number of hydrogen-bond acceptors (Lipinski definition) is 6. The van der Waals surface area contributed by atoms with E-state index in [0.717, 1.165) is 16.7 Å². The fourth-order valence-corrected chi connectivity index (χ4v) is 3.62. The van der Waals surface area contributed by atoms with Gasteiger partial charge >= 0.3 is 23.9 Å². The number of benzene rings is 1. The number of hydrogen-bond donors (Lipinski definition) is 0. The number of ether oxygens (including phenoxy) is 2. The van der Waals surface area contributed by atoms with E-state index in [4.69, 9.17) is 4.74 Å². The first-order valence-corrected chi connectivity index (χ1v) is 7.15. The minimum absolute atomic E-state index is 0.0206. The van der Waals surface area contributed by atoms with Crippen molar-refractivity contribution in [3.8, 4) is 0 Å². The molecule has 6 nitrogen and oxygen atoms in total. The highest BCUT2D eigenvalue weighted by Crippen LogP contribution is 2.40. The summed E-state index contributed by atoms with van der Waals surface area (Å²) in [6.45, 7) is 0. The molecule has 4 rings (SSSR count). The minimum atomic E-state index is -0.618. The molecule has 6 heteroatoms. The van der Waals surface area contributed by atoms with Crippen molar-refractivity contribution in [3.63, 3.8) is 0 Å². The zero-order valence-electron chi connectivity index (χ0n) is 11.5. The fraction of sp³-hybridized carbons (Fsp3) is 0.375. The van der Waals surface area contributed by atoms with Gasteiger partial charge in [0.2, 0.25) is 0 Å². The Hall–Kier alpha value is -2.50. The molecule has 0 spiro atoms. The maximum Gasteiger partial charge on any atom is 0.321 e. The van der Waals surface area contributed by atoms with Crippen LogP contribution in [0.3, 0.4) is 0 Å². The van der Waals surface area contributed by atoms with Gasteiger partial charge in [-0.25, -0.2) is 0 Å². The second-order valence-corrected chi connectivity index (χ2v) is 5.90. The lowest BCUT2D eigenvalue weighted by Gasteiger charge is -2.26. The van der Waals surface area contributed by atoms with Gasteiger partial charge in [-0.15, -0.1) is 0 Å². The molecule has 2 aliphatic heterocycles. The lowest BCUT2D eigenvalue weighted by Crippen LogP contribution is -2.29. The summed E-state index contributed by atoms with van der Waals surface area (Å²) < 4.78 is 9.34. The number of fused-ring (bicyclic) bond motifs is 2. The Bertz CT molecular complexity index is 734. The highest BCUT2D eigenvalue weighted by atomic mass is 16.6. The lowest BCUT2D eigenvalue weighted by molar-refractivity contribution is -0.155. The van der Waals surface area contributed by atoms with E-state index in [1.165, 1.54) is 0 Å². The van der Waals surface area contributed by atoms with Crippen molar-refractivity contribution < 1.29 is 28.7 Å². The molecule has 1 aromatic carbocycles. The average Bonchev–Trinajstić information content (AvgIpc) is 2.96. The van der Waals surface area contributed by atoms with E-state index in [0.29, 0.717) is 12.8 Å². The summed E-state index contributed by atoms with van der Waals surface area (Å²) in [4.78, 5) is 46.6. The Morgan fingerprint density at radius 3 is 2.23 bits per heavy atom. The van der Waals surface area contributed by atoms with Crippen LogP contribution in [-0.2, 0) is 41.5 Å². The van der Waals surface area contributed by atoms with Crippen LogP contribution in [0.4, 0.5) is 0 Å². The Morgan fingerprint density at radius 2 is 1.55 bits per heavy atom. The molecule has 0 N–H and O–H groups in total. The second kappa shape index (κ2) is 4.50. The highest BCUT2D eigenvalue weighted by molar-refractivity contribution is 5.99. The fourth-order valence-electron chi connectivity index (χ4n) is 3.62. The molecule has 3 unspecified atom stereocenters. The van der Waals surface area contributed by atoms with Crippen LogP contribution < -0.4 is 0 Å². The summed E-state index contributed by atoms with van der Waals surface area (Å²) in [5, 5.41) is 0. The van der Waals surface area contributed by atoms with Crippen molar-refractivity contribution in [2.24, 2.45) is 11.8 Å². The van der Waals surface area contributed by atoms with Gasteiger partial charge in [-0.1, -0.05) is 18.2 Å². The first kappa shape index (κ1) is 13.2. The summed E-state index contributed by atoms with van der Waals surface area (Å²) in [6.07, 6.45) is 0.805. The predicted molar refractivity (Wildman–Crippen MR) is 70.4 cm³/mol. The summed E-state index contributed by atoms with van der Waals surface area (Å²) in [6, 6.07) is 5.46. The van der Waals surface area contributed by atoms with Crippen molar-refractivity contribution in [1.29, 1.82) is 0 Å². The van der Waals surface area contributed by atoms with Crippen LogP contribution in [0.2, 0.25) is 0 Å². The van der Waals surface area contributed by atoms with Gasteiger partial charge in [0, 0.05) is 0 Å². The number of carbonyl (C=O) groups is 4. The molecule has 0 radical (unpaired) electrons. The van der Waals surface area contributed by atoms with Gasteiger partial charge in [-0.05, 0) is 29.5 Å². The summed E-state index contributed by atoms with van der Waals surface area (Å²) in [5.74, 6) is -3.60. The predicted octanol–water partition coefficient (Wildman–Crippen LogP) is 0.658. The maximum atomic E-state index is 11.8. The molecular formula is C16H12O6. The van der Waals surface area contributed by atoms with E-state index < -0.39 is 41.6 Å². The van der Waals surface area contributed by atoms with Crippen molar-refractivity contribution in [3.05, 3.63) is 34.9 Å². The van der Waals surface area contributed by atoms with Crippen LogP contribution in [0.25, 0.3) is 0 Å². The summed E-state index contributed by atoms with van der Waals surface area (Å²) in [7, 11) is 0. The minimum Gasteiger partial charge on any atom is -0.393 e. The Labute approximate surface area is 125 Å². The van der Waals surface area contributed by atoms with Crippen LogP contribution >= 0.6 is 0 Å². The van der Waals surface area contributed by atoms with Crippen molar-refractivity contribution in [2.45, 2.75) is 25.2 Å². The largest absolute Gasteiger partial charge is 0.393 e. The molecule has 0 bridgehead atoms. The molecule has 112 valence electrons. The highest BCUT2D eigenvalue weighted by Gasteiger charge is 2.48. The molecular weight excluding hydrogens is 288 g/mol. The third-order valence-corrected chi connectivity index (χ3v) is 4.71. The van der Waals surface area contributed by atoms with Crippen molar-refractivity contribution in [2.75, 3.05) is 0 Å². The molecule has 2 saturated heterocycles. The van der Waals surface area contributed by atoms with E-state index in [-0.39, 0.29) is 6.42 Å². The average molecular weight is 300 g/mol. The topological polar surface area (TPSA) is 86.7 Å². The van der Waals surface area contributed by atoms with Gasteiger partial charge in [0.05, 0.1) is 24.2 Å². The molecule has 2 heterocycles. The Morgan fingerprint density at radius 1 is 0.818 bits per heavy atom. The van der Waals surface area contributed by atoms with Crippen LogP contribution in [0.15, 0.2) is 18.2 Å². The first-order valence-electron chi connectivity index (χ1n) is 7.15. The number of esters is 4. The number of cyclic esters (lactones) is 4. The van der Waals surface area contributed by atoms with Gasteiger partial charge in [0.25, 0.3) is 0 Å². The molecule has 1 aliphatic carbocycles.